The quantitative estimate of drug-likeness (QED) is 0.652. The first-order chi connectivity index (χ1) is 8.65. The predicted molar refractivity (Wildman–Crippen MR) is 77.8 cm³/mol. The molecular weight excluding hydrogens is 288 g/mol. The Morgan fingerprint density at radius 2 is 1.78 bits per heavy atom. The second kappa shape index (κ2) is 4.25. The summed E-state index contributed by atoms with van der Waals surface area (Å²) in [5.74, 6) is 0. The standard InChI is InChI=1S/C15H13BrN2/c1-10-7-11(2)18-14(9-17-15(18)8-10)12-3-5-13(16)6-4-12/h3-9H,1-2H3. The lowest BCUT2D eigenvalue weighted by Crippen LogP contribution is -1.94. The molecule has 3 rings (SSSR count). The molecule has 0 unspecified atom stereocenters. The highest BCUT2D eigenvalue weighted by Crippen LogP contribution is 2.24. The molecule has 0 amide bonds. The summed E-state index contributed by atoms with van der Waals surface area (Å²) in [6, 6.07) is 12.6. The van der Waals surface area contributed by atoms with Gasteiger partial charge in [-0.1, -0.05) is 28.1 Å². The average molecular weight is 301 g/mol. The van der Waals surface area contributed by atoms with Crippen molar-refractivity contribution in [1.82, 2.24) is 9.38 Å². The maximum atomic E-state index is 4.49. The van der Waals surface area contributed by atoms with Gasteiger partial charge in [0.05, 0.1) is 11.9 Å². The van der Waals surface area contributed by atoms with Crippen LogP contribution in [-0.2, 0) is 0 Å². The van der Waals surface area contributed by atoms with Crippen LogP contribution >= 0.6 is 15.9 Å². The highest BCUT2D eigenvalue weighted by Gasteiger charge is 2.08. The first-order valence-electron chi connectivity index (χ1n) is 5.86. The van der Waals surface area contributed by atoms with E-state index in [0.29, 0.717) is 0 Å². The highest BCUT2D eigenvalue weighted by atomic mass is 79.9. The molecule has 1 aromatic carbocycles. The van der Waals surface area contributed by atoms with Crippen molar-refractivity contribution in [2.75, 3.05) is 0 Å². The Labute approximate surface area is 114 Å². The Bertz CT molecular complexity index is 711. The molecule has 0 aliphatic carbocycles. The molecule has 3 heteroatoms. The Morgan fingerprint density at radius 3 is 2.50 bits per heavy atom. The maximum Gasteiger partial charge on any atom is 0.137 e. The number of aryl methyl sites for hydroxylation is 2. The minimum Gasteiger partial charge on any atom is -0.297 e. The topological polar surface area (TPSA) is 17.3 Å². The molecule has 0 fully saturated rings. The summed E-state index contributed by atoms with van der Waals surface area (Å²) >= 11 is 3.46. The van der Waals surface area contributed by atoms with E-state index in [4.69, 9.17) is 0 Å². The van der Waals surface area contributed by atoms with Gasteiger partial charge in [0.25, 0.3) is 0 Å². The van der Waals surface area contributed by atoms with E-state index >= 15 is 0 Å². The van der Waals surface area contributed by atoms with Crippen molar-refractivity contribution >= 4 is 21.6 Å². The van der Waals surface area contributed by atoms with Crippen LogP contribution in [0.3, 0.4) is 0 Å². The Balaban J connectivity index is 2.27. The van der Waals surface area contributed by atoms with Crippen molar-refractivity contribution in [2.45, 2.75) is 13.8 Å². The zero-order chi connectivity index (χ0) is 12.7. The van der Waals surface area contributed by atoms with E-state index < -0.39 is 0 Å². The van der Waals surface area contributed by atoms with E-state index in [1.54, 1.807) is 0 Å². The molecule has 0 radical (unpaired) electrons. The minimum absolute atomic E-state index is 1.01. The zero-order valence-corrected chi connectivity index (χ0v) is 11.9. The second-order valence-corrected chi connectivity index (χ2v) is 5.43. The van der Waals surface area contributed by atoms with Crippen molar-refractivity contribution in [1.29, 1.82) is 0 Å². The highest BCUT2D eigenvalue weighted by molar-refractivity contribution is 9.10. The Hall–Kier alpha value is -1.61. The van der Waals surface area contributed by atoms with Crippen LogP contribution in [0.1, 0.15) is 11.3 Å². The van der Waals surface area contributed by atoms with Gasteiger partial charge in [-0.3, -0.25) is 4.40 Å². The van der Waals surface area contributed by atoms with Crippen molar-refractivity contribution in [2.24, 2.45) is 0 Å². The summed E-state index contributed by atoms with van der Waals surface area (Å²) in [6.07, 6.45) is 1.94. The van der Waals surface area contributed by atoms with Gasteiger partial charge in [-0.15, -0.1) is 0 Å². The van der Waals surface area contributed by atoms with E-state index in [9.17, 15) is 0 Å². The van der Waals surface area contributed by atoms with Crippen LogP contribution in [0.4, 0.5) is 0 Å². The lowest BCUT2D eigenvalue weighted by atomic mass is 10.1. The third-order valence-corrected chi connectivity index (χ3v) is 3.60. The lowest BCUT2D eigenvalue weighted by molar-refractivity contribution is 1.09. The van der Waals surface area contributed by atoms with Gasteiger partial charge in [-0.2, -0.15) is 0 Å². The van der Waals surface area contributed by atoms with Gasteiger partial charge in [0.1, 0.15) is 5.65 Å². The molecule has 2 heterocycles. The second-order valence-electron chi connectivity index (χ2n) is 4.52. The molecule has 0 N–H and O–H groups in total. The number of nitrogens with zero attached hydrogens (tertiary/aromatic N) is 2. The summed E-state index contributed by atoms with van der Waals surface area (Å²) in [5, 5.41) is 0. The van der Waals surface area contributed by atoms with E-state index in [2.05, 4.69) is 75.6 Å². The number of pyridine rings is 1. The Kier molecular flexibility index (Phi) is 2.71. The molecule has 0 atom stereocenters. The SMILES string of the molecule is Cc1cc(C)n2c(-c3ccc(Br)cc3)cnc2c1. The number of halogens is 1. The molecule has 0 bridgehead atoms. The molecule has 90 valence electrons. The van der Waals surface area contributed by atoms with Gasteiger partial charge in [-0.05, 0) is 43.7 Å². The normalized spacial score (nSPS) is 11.1. The maximum absolute atomic E-state index is 4.49. The molecule has 0 saturated heterocycles. The fourth-order valence-corrected chi connectivity index (χ4v) is 2.57. The van der Waals surface area contributed by atoms with Crippen LogP contribution in [0.2, 0.25) is 0 Å². The van der Waals surface area contributed by atoms with Gasteiger partial charge in [0, 0.05) is 15.7 Å². The van der Waals surface area contributed by atoms with E-state index in [1.807, 2.05) is 6.20 Å². The first-order valence-corrected chi connectivity index (χ1v) is 6.65. The first kappa shape index (κ1) is 11.5. The van der Waals surface area contributed by atoms with Crippen molar-refractivity contribution in [3.63, 3.8) is 0 Å². The molecule has 0 saturated carbocycles. The number of imidazole rings is 1. The number of hydrogen-bond donors (Lipinski definition) is 0. The van der Waals surface area contributed by atoms with Gasteiger partial charge in [0.15, 0.2) is 0 Å². The average Bonchev–Trinajstić information content (AvgIpc) is 2.74. The van der Waals surface area contributed by atoms with Crippen molar-refractivity contribution < 1.29 is 0 Å². The van der Waals surface area contributed by atoms with Crippen LogP contribution in [0.25, 0.3) is 16.9 Å². The number of rotatable bonds is 1. The summed E-state index contributed by atoms with van der Waals surface area (Å²) < 4.78 is 3.28. The van der Waals surface area contributed by atoms with E-state index in [-0.39, 0.29) is 0 Å². The molecule has 3 aromatic rings. The van der Waals surface area contributed by atoms with Crippen LogP contribution in [0, 0.1) is 13.8 Å². The van der Waals surface area contributed by atoms with Gasteiger partial charge in [-0.25, -0.2) is 4.98 Å². The predicted octanol–water partition coefficient (Wildman–Crippen LogP) is 4.38. The lowest BCUT2D eigenvalue weighted by Gasteiger charge is -2.07. The molecule has 0 aliphatic heterocycles. The number of hydrogen-bond acceptors (Lipinski definition) is 1. The zero-order valence-electron chi connectivity index (χ0n) is 10.3. The van der Waals surface area contributed by atoms with Crippen molar-refractivity contribution in [3.05, 3.63) is 58.3 Å². The number of aromatic nitrogens is 2. The van der Waals surface area contributed by atoms with Crippen molar-refractivity contribution in [3.8, 4) is 11.3 Å². The number of benzene rings is 1. The fourth-order valence-electron chi connectivity index (χ4n) is 2.30. The minimum atomic E-state index is 1.01. The Morgan fingerprint density at radius 1 is 1.06 bits per heavy atom. The molecule has 0 spiro atoms. The van der Waals surface area contributed by atoms with E-state index in [0.717, 1.165) is 15.8 Å². The summed E-state index contributed by atoms with van der Waals surface area (Å²) in [7, 11) is 0. The third kappa shape index (κ3) is 1.85. The molecule has 0 aliphatic rings. The third-order valence-electron chi connectivity index (χ3n) is 3.08. The molecule has 18 heavy (non-hydrogen) atoms. The van der Waals surface area contributed by atoms with E-state index in [1.165, 1.54) is 16.8 Å². The fraction of sp³-hybridized carbons (Fsp3) is 0.133. The van der Waals surface area contributed by atoms with Gasteiger partial charge in [0.2, 0.25) is 0 Å². The van der Waals surface area contributed by atoms with Crippen LogP contribution in [0.15, 0.2) is 47.1 Å². The molecule has 2 nitrogen and oxygen atoms in total. The van der Waals surface area contributed by atoms with Crippen LogP contribution in [-0.4, -0.2) is 9.38 Å². The largest absolute Gasteiger partial charge is 0.297 e. The van der Waals surface area contributed by atoms with Crippen LogP contribution < -0.4 is 0 Å². The van der Waals surface area contributed by atoms with Gasteiger partial charge < -0.3 is 0 Å². The number of fused-ring (bicyclic) bond motifs is 1. The molecular formula is C15H13BrN2. The van der Waals surface area contributed by atoms with Crippen LogP contribution in [0.5, 0.6) is 0 Å². The smallest absolute Gasteiger partial charge is 0.137 e. The molecule has 2 aromatic heterocycles. The monoisotopic (exact) mass is 300 g/mol. The summed E-state index contributed by atoms with van der Waals surface area (Å²) in [4.78, 5) is 4.49. The summed E-state index contributed by atoms with van der Waals surface area (Å²) in [6.45, 7) is 4.21. The van der Waals surface area contributed by atoms with Gasteiger partial charge >= 0.3 is 0 Å². The summed E-state index contributed by atoms with van der Waals surface area (Å²) in [5.41, 5.74) is 5.77.